The molecule has 1 fully saturated rings. The van der Waals surface area contributed by atoms with Gasteiger partial charge in [-0.2, -0.15) is 0 Å². The number of carbonyl (C=O) groups is 1. The van der Waals surface area contributed by atoms with Gasteiger partial charge in [-0.1, -0.05) is 0 Å². The SMILES string of the molecule is [B]=CS(=O)(=O)N1C(C)(C)CC(=O)CC1(C)C. The van der Waals surface area contributed by atoms with Gasteiger partial charge in [0.2, 0.25) is 0 Å². The van der Waals surface area contributed by atoms with Crippen molar-refractivity contribution < 1.29 is 13.2 Å². The maximum atomic E-state index is 11.9. The van der Waals surface area contributed by atoms with E-state index in [1.165, 1.54) is 4.31 Å². The fraction of sp³-hybridized carbons (Fsp3) is 0.800. The second-order valence-electron chi connectivity index (χ2n) is 5.46. The molecular formula is C10H17BNO3S. The minimum atomic E-state index is -3.63. The number of hydrogen-bond acceptors (Lipinski definition) is 3. The molecule has 0 unspecified atom stereocenters. The number of carbonyl (C=O) groups excluding carboxylic acids is 1. The van der Waals surface area contributed by atoms with Crippen LogP contribution in [0.25, 0.3) is 0 Å². The fourth-order valence-electron chi connectivity index (χ4n) is 2.74. The second kappa shape index (κ2) is 3.77. The number of rotatable bonds is 2. The van der Waals surface area contributed by atoms with Crippen molar-refractivity contribution in [3.63, 3.8) is 0 Å². The summed E-state index contributed by atoms with van der Waals surface area (Å²) >= 11 is 0. The average Bonchev–Trinajstić information content (AvgIpc) is 1.96. The van der Waals surface area contributed by atoms with Crippen molar-refractivity contribution in [2.75, 3.05) is 0 Å². The van der Waals surface area contributed by atoms with Crippen molar-refractivity contribution in [1.29, 1.82) is 0 Å². The van der Waals surface area contributed by atoms with Gasteiger partial charge < -0.3 is 0 Å². The Balaban J connectivity index is 3.33. The van der Waals surface area contributed by atoms with Gasteiger partial charge in [0.05, 0.1) is 0 Å². The van der Waals surface area contributed by atoms with Crippen LogP contribution in [-0.4, -0.2) is 42.4 Å². The third-order valence-electron chi connectivity index (χ3n) is 2.79. The van der Waals surface area contributed by atoms with E-state index in [0.29, 0.717) is 5.30 Å². The zero-order chi connectivity index (χ0) is 12.8. The van der Waals surface area contributed by atoms with Crippen molar-refractivity contribution in [2.24, 2.45) is 0 Å². The molecule has 0 aliphatic carbocycles. The van der Waals surface area contributed by atoms with E-state index >= 15 is 0 Å². The molecule has 1 rings (SSSR count). The molecule has 0 N–H and O–H groups in total. The van der Waals surface area contributed by atoms with Crippen LogP contribution in [0.3, 0.4) is 0 Å². The number of hydrogen-bond donors (Lipinski definition) is 0. The molecule has 1 heterocycles. The Morgan fingerprint density at radius 3 is 1.88 bits per heavy atom. The van der Waals surface area contributed by atoms with Crippen LogP contribution in [0.5, 0.6) is 0 Å². The van der Waals surface area contributed by atoms with Crippen molar-refractivity contribution in [1.82, 2.24) is 4.31 Å². The summed E-state index contributed by atoms with van der Waals surface area (Å²) in [7, 11) is 1.55. The molecule has 0 amide bonds. The molecule has 1 aliphatic heterocycles. The van der Waals surface area contributed by atoms with Crippen LogP contribution in [0.15, 0.2) is 0 Å². The zero-order valence-corrected chi connectivity index (χ0v) is 11.0. The number of nitrogens with zero attached hydrogens (tertiary/aromatic N) is 1. The Kier molecular flexibility index (Phi) is 3.20. The molecule has 6 heteroatoms. The van der Waals surface area contributed by atoms with Crippen LogP contribution >= 0.6 is 0 Å². The van der Waals surface area contributed by atoms with Gasteiger partial charge >= 0.3 is 97.7 Å². The van der Waals surface area contributed by atoms with Gasteiger partial charge in [0.25, 0.3) is 0 Å². The maximum absolute atomic E-state index is 11.9. The fourth-order valence-corrected chi connectivity index (χ4v) is 4.37. The Bertz CT molecular complexity index is 405. The molecule has 4 nitrogen and oxygen atoms in total. The van der Waals surface area contributed by atoms with Crippen molar-refractivity contribution in [2.45, 2.75) is 51.6 Å². The molecule has 0 aromatic rings. The van der Waals surface area contributed by atoms with Crippen LogP contribution in [0.1, 0.15) is 40.5 Å². The first kappa shape index (κ1) is 13.6. The first-order valence-electron chi connectivity index (χ1n) is 5.15. The Morgan fingerprint density at radius 1 is 1.19 bits per heavy atom. The molecule has 0 saturated carbocycles. The number of Topliss-reactive ketones (excluding diaryl/α,β-unsaturated/α-hetero) is 1. The number of sulfonamides is 1. The molecule has 89 valence electrons. The molecule has 0 bridgehead atoms. The van der Waals surface area contributed by atoms with Crippen molar-refractivity contribution in [3.8, 4) is 0 Å². The van der Waals surface area contributed by atoms with Gasteiger partial charge in [-0.15, -0.1) is 0 Å². The van der Waals surface area contributed by atoms with E-state index in [-0.39, 0.29) is 18.6 Å². The van der Waals surface area contributed by atoms with Crippen LogP contribution in [0.4, 0.5) is 0 Å². The summed E-state index contributed by atoms with van der Waals surface area (Å²) in [6.45, 7) is 6.97. The van der Waals surface area contributed by atoms with Gasteiger partial charge in [0.15, 0.2) is 0 Å². The Morgan fingerprint density at radius 2 is 1.56 bits per heavy atom. The van der Waals surface area contributed by atoms with Gasteiger partial charge in [0, 0.05) is 0 Å². The molecule has 0 aromatic heterocycles. The molecular weight excluding hydrogens is 225 g/mol. The Hall–Kier alpha value is -0.485. The summed E-state index contributed by atoms with van der Waals surface area (Å²) in [6.07, 6.45) is 0.451. The Labute approximate surface area is 98.1 Å². The summed E-state index contributed by atoms with van der Waals surface area (Å²) in [4.78, 5) is 11.6. The zero-order valence-electron chi connectivity index (χ0n) is 10.1. The average molecular weight is 242 g/mol. The summed E-state index contributed by atoms with van der Waals surface area (Å²) in [6, 6.07) is 0. The molecule has 1 aliphatic rings. The van der Waals surface area contributed by atoms with E-state index in [1.807, 2.05) is 0 Å². The third kappa shape index (κ3) is 2.27. The van der Waals surface area contributed by atoms with E-state index in [4.69, 9.17) is 7.49 Å². The number of piperidine rings is 1. The van der Waals surface area contributed by atoms with E-state index in [1.54, 1.807) is 27.7 Å². The quantitative estimate of drug-likeness (QED) is 0.661. The molecule has 0 atom stereocenters. The van der Waals surface area contributed by atoms with Crippen LogP contribution < -0.4 is 0 Å². The van der Waals surface area contributed by atoms with Crippen LogP contribution in [-0.2, 0) is 14.8 Å². The predicted molar refractivity (Wildman–Crippen MR) is 65.0 cm³/mol. The first-order chi connectivity index (χ1) is 7.03. The van der Waals surface area contributed by atoms with Crippen LogP contribution in [0.2, 0.25) is 0 Å². The summed E-state index contributed by atoms with van der Waals surface area (Å²) in [5.74, 6) is 0.0819. The van der Waals surface area contributed by atoms with Crippen LogP contribution in [0, 0.1) is 0 Å². The molecule has 1 radical (unpaired) electrons. The second-order valence-corrected chi connectivity index (χ2v) is 7.13. The summed E-state index contributed by atoms with van der Waals surface area (Å²) < 4.78 is 25.2. The summed E-state index contributed by atoms with van der Waals surface area (Å²) in [5.41, 5.74) is -1.46. The minimum absolute atomic E-state index is 0.0819. The molecule has 1 saturated heterocycles. The normalized spacial score (nSPS) is 25.3. The molecule has 0 spiro atoms. The topological polar surface area (TPSA) is 54.5 Å². The van der Waals surface area contributed by atoms with E-state index < -0.39 is 21.1 Å². The third-order valence-corrected chi connectivity index (χ3v) is 4.63. The standard InChI is InChI=1S/C10H17BNO3S/c1-9(2)5-8(13)6-10(3,4)12(9)16(14,15)7-11/h7H,5-6H2,1-4H3. The van der Waals surface area contributed by atoms with Gasteiger partial charge in [-0.05, 0) is 0 Å². The molecule has 0 aromatic carbocycles. The van der Waals surface area contributed by atoms with E-state index in [0.717, 1.165) is 0 Å². The van der Waals surface area contributed by atoms with E-state index in [2.05, 4.69) is 0 Å². The van der Waals surface area contributed by atoms with Crippen molar-refractivity contribution >= 4 is 28.6 Å². The number of ketones is 1. The monoisotopic (exact) mass is 242 g/mol. The van der Waals surface area contributed by atoms with Gasteiger partial charge in [-0.3, -0.25) is 0 Å². The van der Waals surface area contributed by atoms with Crippen molar-refractivity contribution in [3.05, 3.63) is 0 Å². The predicted octanol–water partition coefficient (Wildman–Crippen LogP) is 0.466. The van der Waals surface area contributed by atoms with Gasteiger partial charge in [0.1, 0.15) is 0 Å². The molecule has 16 heavy (non-hydrogen) atoms. The first-order valence-corrected chi connectivity index (χ1v) is 6.65. The van der Waals surface area contributed by atoms with E-state index in [9.17, 15) is 13.2 Å². The summed E-state index contributed by atoms with van der Waals surface area (Å²) in [5, 5.41) is 0.701. The van der Waals surface area contributed by atoms with Gasteiger partial charge in [-0.25, -0.2) is 0 Å².